The van der Waals surface area contributed by atoms with Crippen molar-refractivity contribution in [2.45, 2.75) is 11.8 Å². The molecule has 2 aromatic rings. The molecular weight excluding hydrogens is 236 g/mol. The van der Waals surface area contributed by atoms with Gasteiger partial charge in [0.1, 0.15) is 6.33 Å². The molecule has 2 rings (SSSR count). The van der Waals surface area contributed by atoms with E-state index in [1.165, 1.54) is 6.33 Å². The smallest absolute Gasteiger partial charge is 0.216 e. The lowest BCUT2D eigenvalue weighted by Crippen LogP contribution is -1.99. The molecule has 3 nitrogen and oxygen atoms in total. The third kappa shape index (κ3) is 3.17. The number of benzene rings is 1. The number of aromatic nitrogens is 2. The highest BCUT2D eigenvalue weighted by atomic mass is 35.5. The minimum atomic E-state index is -0.0872. The van der Waals surface area contributed by atoms with E-state index in [0.717, 1.165) is 11.3 Å². The van der Waals surface area contributed by atoms with Gasteiger partial charge in [0.15, 0.2) is 0 Å². The highest BCUT2D eigenvalue weighted by Crippen LogP contribution is 2.24. The molecule has 88 valence electrons. The van der Waals surface area contributed by atoms with E-state index in [4.69, 9.17) is 16.3 Å². The predicted molar refractivity (Wildman–Crippen MR) is 67.3 cm³/mol. The van der Waals surface area contributed by atoms with Crippen LogP contribution in [-0.2, 0) is 6.42 Å². The Kier molecular flexibility index (Phi) is 3.94. The van der Waals surface area contributed by atoms with E-state index in [2.05, 4.69) is 9.97 Å². The Hall–Kier alpha value is -1.61. The number of nitrogens with zero attached hydrogens (tertiary/aromatic N) is 2. The molecule has 1 heterocycles. The Morgan fingerprint density at radius 1 is 1.24 bits per heavy atom. The highest BCUT2D eigenvalue weighted by Gasteiger charge is 2.10. The third-order valence-electron chi connectivity index (χ3n) is 2.46. The summed E-state index contributed by atoms with van der Waals surface area (Å²) < 4.78 is 5.05. The van der Waals surface area contributed by atoms with Crippen LogP contribution in [0.4, 0.5) is 0 Å². The van der Waals surface area contributed by atoms with Crippen LogP contribution in [0.3, 0.4) is 0 Å². The largest absolute Gasteiger partial charge is 0.481 e. The molecule has 1 aromatic heterocycles. The molecule has 0 spiro atoms. The molecule has 0 saturated carbocycles. The zero-order chi connectivity index (χ0) is 12.1. The Labute approximate surface area is 105 Å². The maximum Gasteiger partial charge on any atom is 0.216 e. The summed E-state index contributed by atoms with van der Waals surface area (Å²) in [5, 5.41) is -0.0872. The van der Waals surface area contributed by atoms with Crippen LogP contribution in [0.1, 0.15) is 16.6 Å². The van der Waals surface area contributed by atoms with E-state index in [0.29, 0.717) is 12.3 Å². The van der Waals surface area contributed by atoms with Crippen LogP contribution < -0.4 is 4.74 Å². The number of ether oxygens (including phenoxy) is 1. The van der Waals surface area contributed by atoms with E-state index >= 15 is 0 Å². The van der Waals surface area contributed by atoms with Crippen LogP contribution in [0.2, 0.25) is 0 Å². The van der Waals surface area contributed by atoms with E-state index in [-0.39, 0.29) is 5.38 Å². The maximum atomic E-state index is 6.34. The topological polar surface area (TPSA) is 35.0 Å². The van der Waals surface area contributed by atoms with Gasteiger partial charge in [-0.1, -0.05) is 30.3 Å². The van der Waals surface area contributed by atoms with Crippen LogP contribution >= 0.6 is 11.6 Å². The van der Waals surface area contributed by atoms with Gasteiger partial charge < -0.3 is 4.74 Å². The Balaban J connectivity index is 2.10. The van der Waals surface area contributed by atoms with Crippen molar-refractivity contribution in [1.82, 2.24) is 9.97 Å². The predicted octanol–water partition coefficient (Wildman–Crippen LogP) is 3.01. The van der Waals surface area contributed by atoms with Gasteiger partial charge in [-0.25, -0.2) is 9.97 Å². The van der Waals surface area contributed by atoms with Crippen molar-refractivity contribution < 1.29 is 4.74 Å². The normalized spacial score (nSPS) is 12.1. The molecule has 0 fully saturated rings. The van der Waals surface area contributed by atoms with E-state index in [1.807, 2.05) is 30.3 Å². The maximum absolute atomic E-state index is 6.34. The molecule has 1 aromatic carbocycles. The first kappa shape index (κ1) is 11.9. The van der Waals surface area contributed by atoms with Gasteiger partial charge in [0, 0.05) is 18.2 Å². The lowest BCUT2D eigenvalue weighted by molar-refractivity contribution is 0.396. The molecule has 1 atom stereocenters. The minimum absolute atomic E-state index is 0.0872. The number of rotatable bonds is 4. The Morgan fingerprint density at radius 3 is 2.71 bits per heavy atom. The van der Waals surface area contributed by atoms with Crippen molar-refractivity contribution in [2.24, 2.45) is 0 Å². The SMILES string of the molecule is COc1cc(CC(Cl)c2ccccc2)ncn1. The molecule has 17 heavy (non-hydrogen) atoms. The van der Waals surface area contributed by atoms with Gasteiger partial charge in [-0.3, -0.25) is 0 Å². The Morgan fingerprint density at radius 2 is 2.00 bits per heavy atom. The van der Waals surface area contributed by atoms with Crippen LogP contribution in [-0.4, -0.2) is 17.1 Å². The summed E-state index contributed by atoms with van der Waals surface area (Å²) in [5.41, 5.74) is 1.97. The molecule has 0 aliphatic rings. The van der Waals surface area contributed by atoms with Crippen LogP contribution in [0.25, 0.3) is 0 Å². The second kappa shape index (κ2) is 5.64. The molecule has 0 aliphatic carbocycles. The van der Waals surface area contributed by atoms with Gasteiger partial charge in [0.25, 0.3) is 0 Å². The molecule has 0 amide bonds. The Bertz CT molecular complexity index is 476. The zero-order valence-electron chi connectivity index (χ0n) is 9.51. The number of methoxy groups -OCH3 is 1. The quantitative estimate of drug-likeness (QED) is 0.781. The molecule has 0 saturated heterocycles. The van der Waals surface area contributed by atoms with E-state index in [9.17, 15) is 0 Å². The van der Waals surface area contributed by atoms with Crippen LogP contribution in [0.15, 0.2) is 42.7 Å². The monoisotopic (exact) mass is 248 g/mol. The second-order valence-corrected chi connectivity index (χ2v) is 4.16. The van der Waals surface area contributed by atoms with Crippen molar-refractivity contribution in [2.75, 3.05) is 7.11 Å². The summed E-state index contributed by atoms with van der Waals surface area (Å²) in [7, 11) is 1.58. The third-order valence-corrected chi connectivity index (χ3v) is 2.86. The zero-order valence-corrected chi connectivity index (χ0v) is 10.3. The summed E-state index contributed by atoms with van der Waals surface area (Å²) in [6, 6.07) is 11.8. The van der Waals surface area contributed by atoms with Gasteiger partial charge in [0.2, 0.25) is 5.88 Å². The first-order valence-corrected chi connectivity index (χ1v) is 5.77. The first-order chi connectivity index (χ1) is 8.29. The number of hydrogen-bond donors (Lipinski definition) is 0. The van der Waals surface area contributed by atoms with Gasteiger partial charge in [-0.2, -0.15) is 0 Å². The summed E-state index contributed by atoms with van der Waals surface area (Å²) in [6.45, 7) is 0. The first-order valence-electron chi connectivity index (χ1n) is 5.33. The van der Waals surface area contributed by atoms with Crippen LogP contribution in [0.5, 0.6) is 5.88 Å². The molecule has 0 radical (unpaired) electrons. The molecular formula is C13H13ClN2O. The van der Waals surface area contributed by atoms with Crippen LogP contribution in [0, 0.1) is 0 Å². The van der Waals surface area contributed by atoms with Gasteiger partial charge in [0.05, 0.1) is 12.5 Å². The fraction of sp³-hybridized carbons (Fsp3) is 0.231. The molecule has 0 aliphatic heterocycles. The molecule has 4 heteroatoms. The summed E-state index contributed by atoms with van der Waals surface area (Å²) in [5.74, 6) is 0.562. The average molecular weight is 249 g/mol. The number of alkyl halides is 1. The van der Waals surface area contributed by atoms with Gasteiger partial charge >= 0.3 is 0 Å². The van der Waals surface area contributed by atoms with Crippen molar-refractivity contribution in [3.05, 3.63) is 54.0 Å². The lowest BCUT2D eigenvalue weighted by atomic mass is 10.1. The fourth-order valence-corrected chi connectivity index (χ4v) is 1.87. The number of hydrogen-bond acceptors (Lipinski definition) is 3. The average Bonchev–Trinajstić information content (AvgIpc) is 2.40. The number of halogens is 1. The van der Waals surface area contributed by atoms with Gasteiger partial charge in [-0.15, -0.1) is 11.6 Å². The fourth-order valence-electron chi connectivity index (χ4n) is 1.56. The van der Waals surface area contributed by atoms with Crippen molar-refractivity contribution in [3.63, 3.8) is 0 Å². The summed E-state index contributed by atoms with van der Waals surface area (Å²) >= 11 is 6.34. The van der Waals surface area contributed by atoms with Gasteiger partial charge in [-0.05, 0) is 5.56 Å². The van der Waals surface area contributed by atoms with E-state index in [1.54, 1.807) is 13.2 Å². The second-order valence-electron chi connectivity index (χ2n) is 3.63. The van der Waals surface area contributed by atoms with Crippen molar-refractivity contribution in [3.8, 4) is 5.88 Å². The lowest BCUT2D eigenvalue weighted by Gasteiger charge is -2.09. The summed E-state index contributed by atoms with van der Waals surface area (Å²) in [6.07, 6.45) is 2.15. The minimum Gasteiger partial charge on any atom is -0.481 e. The summed E-state index contributed by atoms with van der Waals surface area (Å²) in [4.78, 5) is 8.14. The van der Waals surface area contributed by atoms with E-state index < -0.39 is 0 Å². The highest BCUT2D eigenvalue weighted by molar-refractivity contribution is 6.20. The van der Waals surface area contributed by atoms with Crippen molar-refractivity contribution in [1.29, 1.82) is 0 Å². The molecule has 0 bridgehead atoms. The molecule has 1 unspecified atom stereocenters. The standard InChI is InChI=1S/C13H13ClN2O/c1-17-13-8-11(15-9-16-13)7-12(14)10-5-3-2-4-6-10/h2-6,8-9,12H,7H2,1H3. The molecule has 0 N–H and O–H groups in total. The van der Waals surface area contributed by atoms with Crippen molar-refractivity contribution >= 4 is 11.6 Å².